The average molecular weight is 294 g/mol. The first kappa shape index (κ1) is 14.3. The minimum atomic E-state index is -0.119. The maximum Gasteiger partial charge on any atom is 0.251 e. The quantitative estimate of drug-likeness (QED) is 0.945. The van der Waals surface area contributed by atoms with Crippen LogP contribution < -0.4 is 10.2 Å². The number of rotatable bonds is 3. The van der Waals surface area contributed by atoms with Crippen LogP contribution in [0.25, 0.3) is 0 Å². The molecule has 0 atom stereocenters. The van der Waals surface area contributed by atoms with Crippen LogP contribution in [0.2, 0.25) is 0 Å². The van der Waals surface area contributed by atoms with Gasteiger partial charge in [0.2, 0.25) is 5.91 Å². The lowest BCUT2D eigenvalue weighted by atomic mass is 10.1. The highest BCUT2D eigenvalue weighted by atomic mass is 16.2. The lowest BCUT2D eigenvalue weighted by Crippen LogP contribution is -2.23. The van der Waals surface area contributed by atoms with E-state index < -0.39 is 0 Å². The maximum atomic E-state index is 12.3. The fourth-order valence-corrected chi connectivity index (χ4v) is 2.72. The Hall–Kier alpha value is -2.62. The van der Waals surface area contributed by atoms with Crippen molar-refractivity contribution in [2.45, 2.75) is 19.9 Å². The van der Waals surface area contributed by atoms with Crippen LogP contribution in [0.15, 0.2) is 42.5 Å². The second-order valence-electron chi connectivity index (χ2n) is 5.64. The van der Waals surface area contributed by atoms with Gasteiger partial charge >= 0.3 is 0 Å². The summed E-state index contributed by atoms with van der Waals surface area (Å²) in [4.78, 5) is 25.6. The number of amides is 2. The van der Waals surface area contributed by atoms with E-state index in [2.05, 4.69) is 11.4 Å². The first-order valence-corrected chi connectivity index (χ1v) is 7.28. The minimum absolute atomic E-state index is 0.0623. The Morgan fingerprint density at radius 3 is 2.82 bits per heavy atom. The third-order valence-electron chi connectivity index (χ3n) is 3.95. The van der Waals surface area contributed by atoms with Crippen molar-refractivity contribution in [3.8, 4) is 0 Å². The zero-order chi connectivity index (χ0) is 15.7. The van der Waals surface area contributed by atoms with Crippen LogP contribution >= 0.6 is 0 Å². The Kier molecular flexibility index (Phi) is 3.67. The van der Waals surface area contributed by atoms with Crippen molar-refractivity contribution in [3.63, 3.8) is 0 Å². The third kappa shape index (κ3) is 2.72. The van der Waals surface area contributed by atoms with Gasteiger partial charge in [0.25, 0.3) is 5.91 Å². The number of anilines is 1. The van der Waals surface area contributed by atoms with E-state index in [0.717, 1.165) is 16.8 Å². The molecule has 2 aromatic carbocycles. The van der Waals surface area contributed by atoms with E-state index in [1.165, 1.54) is 5.56 Å². The second-order valence-corrected chi connectivity index (χ2v) is 5.64. The number of fused-ring (bicyclic) bond motifs is 1. The van der Waals surface area contributed by atoms with Crippen molar-refractivity contribution in [2.24, 2.45) is 0 Å². The third-order valence-corrected chi connectivity index (χ3v) is 3.95. The highest BCUT2D eigenvalue weighted by Gasteiger charge is 2.24. The van der Waals surface area contributed by atoms with Gasteiger partial charge in [-0.05, 0) is 36.2 Å². The SMILES string of the molecule is Cc1cccc(CNC(=O)c2ccc3c(c2)CC(=O)N3C)c1. The zero-order valence-corrected chi connectivity index (χ0v) is 12.7. The summed E-state index contributed by atoms with van der Waals surface area (Å²) in [6.07, 6.45) is 0.366. The number of hydrogen-bond donors (Lipinski definition) is 1. The molecule has 3 rings (SSSR count). The van der Waals surface area contributed by atoms with Crippen LogP contribution in [0.4, 0.5) is 5.69 Å². The molecule has 0 aliphatic carbocycles. The normalized spacial score (nSPS) is 13.2. The standard InChI is InChI=1S/C18H18N2O2/c1-12-4-3-5-13(8-12)11-19-18(22)14-6-7-16-15(9-14)10-17(21)20(16)2/h3-9H,10-11H2,1-2H3,(H,19,22). The van der Waals surface area contributed by atoms with Crippen LogP contribution in [0.1, 0.15) is 27.0 Å². The summed E-state index contributed by atoms with van der Waals surface area (Å²) in [5.74, 6) is -0.0568. The van der Waals surface area contributed by atoms with Crippen LogP contribution in [-0.4, -0.2) is 18.9 Å². The molecule has 2 amide bonds. The molecule has 0 saturated heterocycles. The molecule has 2 aromatic rings. The summed E-state index contributed by atoms with van der Waals surface area (Å²) in [6.45, 7) is 2.52. The Morgan fingerprint density at radius 2 is 2.05 bits per heavy atom. The molecular weight excluding hydrogens is 276 g/mol. The molecule has 0 bridgehead atoms. The van der Waals surface area contributed by atoms with Gasteiger partial charge in [-0.2, -0.15) is 0 Å². The van der Waals surface area contributed by atoms with Gasteiger partial charge in [0.15, 0.2) is 0 Å². The lowest BCUT2D eigenvalue weighted by Gasteiger charge is -2.11. The van der Waals surface area contributed by atoms with Crippen molar-refractivity contribution >= 4 is 17.5 Å². The Labute approximate surface area is 129 Å². The summed E-state index contributed by atoms with van der Waals surface area (Å²) < 4.78 is 0. The van der Waals surface area contributed by atoms with Crippen LogP contribution in [0, 0.1) is 6.92 Å². The number of carbonyl (C=O) groups excluding carboxylic acids is 2. The number of likely N-dealkylation sites (N-methyl/N-ethyl adjacent to an activating group) is 1. The smallest absolute Gasteiger partial charge is 0.251 e. The monoisotopic (exact) mass is 294 g/mol. The Morgan fingerprint density at radius 1 is 1.23 bits per heavy atom. The maximum absolute atomic E-state index is 12.3. The van der Waals surface area contributed by atoms with E-state index in [-0.39, 0.29) is 11.8 Å². The molecule has 4 nitrogen and oxygen atoms in total. The van der Waals surface area contributed by atoms with Crippen molar-refractivity contribution in [2.75, 3.05) is 11.9 Å². The van der Waals surface area contributed by atoms with E-state index in [1.54, 1.807) is 18.0 Å². The molecule has 4 heteroatoms. The molecule has 0 radical (unpaired) electrons. The molecule has 0 aromatic heterocycles. The van der Waals surface area contributed by atoms with E-state index in [9.17, 15) is 9.59 Å². The van der Waals surface area contributed by atoms with Crippen LogP contribution in [0.5, 0.6) is 0 Å². The first-order chi connectivity index (χ1) is 10.5. The highest BCUT2D eigenvalue weighted by molar-refractivity contribution is 6.03. The molecule has 1 aliphatic heterocycles. The fourth-order valence-electron chi connectivity index (χ4n) is 2.72. The molecule has 0 spiro atoms. The first-order valence-electron chi connectivity index (χ1n) is 7.28. The summed E-state index contributed by atoms with van der Waals surface area (Å²) in [5, 5.41) is 2.92. The van der Waals surface area contributed by atoms with E-state index in [4.69, 9.17) is 0 Å². The van der Waals surface area contributed by atoms with Crippen LogP contribution in [-0.2, 0) is 17.8 Å². The largest absolute Gasteiger partial charge is 0.348 e. The number of carbonyl (C=O) groups is 2. The average Bonchev–Trinajstić information content (AvgIpc) is 2.79. The number of benzene rings is 2. The fraction of sp³-hybridized carbons (Fsp3) is 0.222. The predicted octanol–water partition coefficient (Wildman–Crippen LogP) is 2.44. The number of nitrogens with one attached hydrogen (secondary N) is 1. The summed E-state index contributed by atoms with van der Waals surface area (Å²) in [6, 6.07) is 13.5. The number of hydrogen-bond acceptors (Lipinski definition) is 2. The highest BCUT2D eigenvalue weighted by Crippen LogP contribution is 2.28. The molecule has 1 aliphatic rings. The minimum Gasteiger partial charge on any atom is -0.348 e. The number of aryl methyl sites for hydroxylation is 1. The molecule has 0 fully saturated rings. The van der Waals surface area contributed by atoms with Crippen molar-refractivity contribution in [1.82, 2.24) is 5.32 Å². The molecule has 22 heavy (non-hydrogen) atoms. The van der Waals surface area contributed by atoms with Crippen molar-refractivity contribution in [1.29, 1.82) is 0 Å². The summed E-state index contributed by atoms with van der Waals surface area (Å²) in [5.41, 5.74) is 4.64. The Bertz CT molecular complexity index is 753. The summed E-state index contributed by atoms with van der Waals surface area (Å²) in [7, 11) is 1.76. The molecule has 1 heterocycles. The van der Waals surface area contributed by atoms with E-state index in [1.807, 2.05) is 37.3 Å². The van der Waals surface area contributed by atoms with Gasteiger partial charge in [-0.3, -0.25) is 9.59 Å². The summed E-state index contributed by atoms with van der Waals surface area (Å²) >= 11 is 0. The molecule has 1 N–H and O–H groups in total. The van der Waals surface area contributed by atoms with Gasteiger partial charge < -0.3 is 10.2 Å². The Balaban J connectivity index is 1.71. The molecule has 112 valence electrons. The zero-order valence-electron chi connectivity index (χ0n) is 12.7. The van der Waals surface area contributed by atoms with Crippen molar-refractivity contribution in [3.05, 3.63) is 64.7 Å². The van der Waals surface area contributed by atoms with Gasteiger partial charge in [0.1, 0.15) is 0 Å². The molecule has 0 unspecified atom stereocenters. The topological polar surface area (TPSA) is 49.4 Å². The molecular formula is C18H18N2O2. The van der Waals surface area contributed by atoms with Gasteiger partial charge in [0.05, 0.1) is 6.42 Å². The van der Waals surface area contributed by atoms with Crippen LogP contribution in [0.3, 0.4) is 0 Å². The lowest BCUT2D eigenvalue weighted by molar-refractivity contribution is -0.117. The van der Waals surface area contributed by atoms with Gasteiger partial charge in [-0.25, -0.2) is 0 Å². The predicted molar refractivity (Wildman–Crippen MR) is 85.9 cm³/mol. The van der Waals surface area contributed by atoms with E-state index >= 15 is 0 Å². The van der Waals surface area contributed by atoms with Gasteiger partial charge in [-0.15, -0.1) is 0 Å². The van der Waals surface area contributed by atoms with Crippen molar-refractivity contribution < 1.29 is 9.59 Å². The van der Waals surface area contributed by atoms with Gasteiger partial charge in [-0.1, -0.05) is 29.8 Å². The second kappa shape index (κ2) is 5.64. The van der Waals surface area contributed by atoms with Gasteiger partial charge in [0, 0.05) is 24.8 Å². The van der Waals surface area contributed by atoms with E-state index in [0.29, 0.717) is 18.5 Å². The number of nitrogens with zero attached hydrogens (tertiary/aromatic N) is 1. The molecule has 0 saturated carbocycles.